The van der Waals surface area contributed by atoms with E-state index in [9.17, 15) is 9.59 Å². The van der Waals surface area contributed by atoms with Crippen LogP contribution in [-0.4, -0.2) is 37.9 Å². The molecule has 0 aliphatic heterocycles. The SMILES string of the molecule is CCc1cc(=O)[nH]c2nnc(S[C@H](CC)C(=O)OC)n12. The Morgan fingerprint density at radius 3 is 2.85 bits per heavy atom. The van der Waals surface area contributed by atoms with E-state index in [1.807, 2.05) is 13.8 Å². The van der Waals surface area contributed by atoms with Crippen molar-refractivity contribution in [3.63, 3.8) is 0 Å². The molecule has 0 aliphatic rings. The molecule has 2 aromatic heterocycles. The van der Waals surface area contributed by atoms with Crippen molar-refractivity contribution in [3.05, 3.63) is 22.1 Å². The molecule has 0 bridgehead atoms. The number of nitrogens with one attached hydrogen (secondary N) is 1. The first-order valence-corrected chi connectivity index (χ1v) is 7.20. The van der Waals surface area contributed by atoms with Crippen molar-refractivity contribution in [2.45, 2.75) is 37.1 Å². The molecule has 0 unspecified atom stereocenters. The second-order valence-electron chi connectivity index (χ2n) is 4.16. The Bertz CT molecular complexity index is 679. The average molecular weight is 296 g/mol. The summed E-state index contributed by atoms with van der Waals surface area (Å²) in [4.78, 5) is 25.8. The van der Waals surface area contributed by atoms with E-state index in [1.54, 1.807) is 4.40 Å². The molecule has 8 heteroatoms. The van der Waals surface area contributed by atoms with Gasteiger partial charge in [-0.3, -0.25) is 19.0 Å². The lowest BCUT2D eigenvalue weighted by Gasteiger charge is -2.11. The third-order valence-electron chi connectivity index (χ3n) is 2.90. The van der Waals surface area contributed by atoms with Crippen LogP contribution in [0.5, 0.6) is 0 Å². The van der Waals surface area contributed by atoms with Crippen molar-refractivity contribution >= 4 is 23.5 Å². The van der Waals surface area contributed by atoms with Crippen LogP contribution in [0.4, 0.5) is 0 Å². The Kier molecular flexibility index (Phi) is 4.43. The molecule has 1 N–H and O–H groups in total. The minimum Gasteiger partial charge on any atom is -0.468 e. The van der Waals surface area contributed by atoms with Crippen molar-refractivity contribution in [3.8, 4) is 0 Å². The van der Waals surface area contributed by atoms with Crippen molar-refractivity contribution in [1.29, 1.82) is 0 Å². The number of methoxy groups -OCH3 is 1. The predicted octanol–water partition coefficient (Wildman–Crippen LogP) is 1.02. The zero-order chi connectivity index (χ0) is 14.7. The lowest BCUT2D eigenvalue weighted by molar-refractivity contribution is -0.140. The highest BCUT2D eigenvalue weighted by Crippen LogP contribution is 2.25. The quantitative estimate of drug-likeness (QED) is 0.654. The number of carbonyl (C=O) groups excluding carboxylic acids is 1. The zero-order valence-corrected chi connectivity index (χ0v) is 12.4. The average Bonchev–Trinajstić information content (AvgIpc) is 2.85. The number of carbonyl (C=O) groups is 1. The van der Waals surface area contributed by atoms with Gasteiger partial charge < -0.3 is 4.74 Å². The number of esters is 1. The molecule has 7 nitrogen and oxygen atoms in total. The van der Waals surface area contributed by atoms with Gasteiger partial charge in [-0.1, -0.05) is 25.6 Å². The first kappa shape index (κ1) is 14.6. The fraction of sp³-hybridized carbons (Fsp3) is 0.500. The van der Waals surface area contributed by atoms with Gasteiger partial charge in [0.1, 0.15) is 5.25 Å². The summed E-state index contributed by atoms with van der Waals surface area (Å²) >= 11 is 1.29. The van der Waals surface area contributed by atoms with E-state index in [0.717, 1.165) is 5.69 Å². The maximum atomic E-state index is 11.7. The molecule has 0 amide bonds. The number of H-pyrrole nitrogens is 1. The molecule has 2 aromatic rings. The number of ether oxygens (including phenoxy) is 1. The molecule has 2 heterocycles. The predicted molar refractivity (Wildman–Crippen MR) is 74.9 cm³/mol. The topological polar surface area (TPSA) is 89.4 Å². The van der Waals surface area contributed by atoms with Gasteiger partial charge in [-0.2, -0.15) is 0 Å². The summed E-state index contributed by atoms with van der Waals surface area (Å²) in [6.45, 7) is 3.85. The van der Waals surface area contributed by atoms with Gasteiger partial charge in [-0.05, 0) is 12.8 Å². The van der Waals surface area contributed by atoms with Crippen molar-refractivity contribution < 1.29 is 9.53 Å². The highest BCUT2D eigenvalue weighted by Gasteiger charge is 2.22. The van der Waals surface area contributed by atoms with Gasteiger partial charge in [0.05, 0.1) is 7.11 Å². The number of aryl methyl sites for hydroxylation is 1. The number of nitrogens with zero attached hydrogens (tertiary/aromatic N) is 3. The second kappa shape index (κ2) is 6.08. The van der Waals surface area contributed by atoms with Gasteiger partial charge >= 0.3 is 5.97 Å². The number of aromatic amines is 1. The van der Waals surface area contributed by atoms with Gasteiger partial charge in [-0.15, -0.1) is 10.2 Å². The van der Waals surface area contributed by atoms with E-state index in [-0.39, 0.29) is 16.8 Å². The summed E-state index contributed by atoms with van der Waals surface area (Å²) in [6, 6.07) is 1.51. The molecular weight excluding hydrogens is 280 g/mol. The fourth-order valence-corrected chi connectivity index (χ4v) is 2.88. The standard InChI is InChI=1S/C12H16N4O3S/c1-4-7-6-9(17)13-11-14-15-12(16(7)11)20-8(5-2)10(18)19-3/h6,8H,4-5H2,1-3H3,(H,13,14,17)/t8-/m1/s1. The lowest BCUT2D eigenvalue weighted by atomic mass is 10.3. The largest absolute Gasteiger partial charge is 0.468 e. The maximum Gasteiger partial charge on any atom is 0.319 e. The maximum absolute atomic E-state index is 11.7. The van der Waals surface area contributed by atoms with Crippen molar-refractivity contribution in [1.82, 2.24) is 19.6 Å². The van der Waals surface area contributed by atoms with Crippen LogP contribution in [0.1, 0.15) is 26.0 Å². The summed E-state index contributed by atoms with van der Waals surface area (Å²) in [6.07, 6.45) is 1.29. The molecule has 0 saturated carbocycles. The molecule has 0 aliphatic carbocycles. The van der Waals surface area contributed by atoms with Crippen LogP contribution in [0, 0.1) is 0 Å². The number of hydrogen-bond acceptors (Lipinski definition) is 6. The summed E-state index contributed by atoms with van der Waals surface area (Å²) in [5, 5.41) is 8.22. The summed E-state index contributed by atoms with van der Waals surface area (Å²) < 4.78 is 6.53. The number of hydrogen-bond donors (Lipinski definition) is 1. The van der Waals surface area contributed by atoms with Crippen LogP contribution in [0.3, 0.4) is 0 Å². The van der Waals surface area contributed by atoms with Gasteiger partial charge in [0.15, 0.2) is 5.16 Å². The highest BCUT2D eigenvalue weighted by atomic mass is 32.2. The smallest absolute Gasteiger partial charge is 0.319 e. The number of rotatable bonds is 5. The molecular formula is C12H16N4O3S. The Balaban J connectivity index is 2.45. The molecule has 1 atom stereocenters. The van der Waals surface area contributed by atoms with Crippen molar-refractivity contribution in [2.75, 3.05) is 7.11 Å². The monoisotopic (exact) mass is 296 g/mol. The van der Waals surface area contributed by atoms with Gasteiger partial charge in [0.2, 0.25) is 5.78 Å². The molecule has 0 saturated heterocycles. The van der Waals surface area contributed by atoms with E-state index >= 15 is 0 Å². The van der Waals surface area contributed by atoms with Crippen LogP contribution in [0.15, 0.2) is 16.0 Å². The molecule has 0 spiro atoms. The first-order valence-electron chi connectivity index (χ1n) is 6.32. The molecule has 0 aromatic carbocycles. The minimum absolute atomic E-state index is 0.210. The third kappa shape index (κ3) is 2.69. The third-order valence-corrected chi connectivity index (χ3v) is 4.18. The molecule has 0 radical (unpaired) electrons. The highest BCUT2D eigenvalue weighted by molar-refractivity contribution is 8.00. The Morgan fingerprint density at radius 1 is 1.50 bits per heavy atom. The molecule has 20 heavy (non-hydrogen) atoms. The summed E-state index contributed by atoms with van der Waals surface area (Å²) in [7, 11) is 1.36. The minimum atomic E-state index is -0.343. The van der Waals surface area contributed by atoms with Gasteiger partial charge in [0, 0.05) is 11.8 Å². The van der Waals surface area contributed by atoms with E-state index in [1.165, 1.54) is 24.9 Å². The summed E-state index contributed by atoms with van der Waals surface area (Å²) in [5.41, 5.74) is 0.592. The van der Waals surface area contributed by atoms with Crippen LogP contribution >= 0.6 is 11.8 Å². The van der Waals surface area contributed by atoms with Crippen molar-refractivity contribution in [2.24, 2.45) is 0 Å². The fourth-order valence-electron chi connectivity index (χ4n) is 1.87. The van der Waals surface area contributed by atoms with Crippen LogP contribution in [-0.2, 0) is 16.0 Å². The molecule has 0 fully saturated rings. The number of aromatic nitrogens is 4. The first-order chi connectivity index (χ1) is 9.60. The second-order valence-corrected chi connectivity index (χ2v) is 5.33. The number of thioether (sulfide) groups is 1. The van der Waals surface area contributed by atoms with Crippen LogP contribution in [0.2, 0.25) is 0 Å². The Hall–Kier alpha value is -1.83. The van der Waals surface area contributed by atoms with E-state index in [4.69, 9.17) is 4.74 Å². The lowest BCUT2D eigenvalue weighted by Crippen LogP contribution is -2.18. The summed E-state index contributed by atoms with van der Waals surface area (Å²) in [5.74, 6) is 0.0910. The molecule has 108 valence electrons. The van der Waals surface area contributed by atoms with Crippen LogP contribution in [0.25, 0.3) is 5.78 Å². The Morgan fingerprint density at radius 2 is 2.25 bits per heavy atom. The van der Waals surface area contributed by atoms with E-state index in [2.05, 4.69) is 15.2 Å². The van der Waals surface area contributed by atoms with E-state index in [0.29, 0.717) is 23.8 Å². The normalized spacial score (nSPS) is 12.6. The van der Waals surface area contributed by atoms with E-state index < -0.39 is 0 Å². The van der Waals surface area contributed by atoms with Crippen LogP contribution < -0.4 is 5.56 Å². The van der Waals surface area contributed by atoms with Gasteiger partial charge in [0.25, 0.3) is 5.56 Å². The number of fused-ring (bicyclic) bond motifs is 1. The van der Waals surface area contributed by atoms with Gasteiger partial charge in [-0.25, -0.2) is 0 Å². The Labute approximate surface area is 119 Å². The zero-order valence-electron chi connectivity index (χ0n) is 11.5. The molecule has 2 rings (SSSR count).